The van der Waals surface area contributed by atoms with Gasteiger partial charge in [-0.15, -0.1) is 0 Å². The molecular weight excluding hydrogens is 447 g/mol. The number of carbonyl (C=O) groups excluding carboxylic acids is 2. The number of hydrogen-bond donors (Lipinski definition) is 1. The molecule has 0 radical (unpaired) electrons. The summed E-state index contributed by atoms with van der Waals surface area (Å²) < 4.78 is 19.9. The van der Waals surface area contributed by atoms with E-state index in [-0.39, 0.29) is 17.9 Å². The molecule has 2 heterocycles. The lowest BCUT2D eigenvalue weighted by molar-refractivity contribution is -0.143. The summed E-state index contributed by atoms with van der Waals surface area (Å²) in [6.07, 6.45) is 1.56. The third-order valence-corrected chi connectivity index (χ3v) is 6.94. The second kappa shape index (κ2) is 11.0. The number of anilines is 1. The summed E-state index contributed by atoms with van der Waals surface area (Å²) in [5.41, 5.74) is 2.73. The number of nitrogens with one attached hydrogen (secondary N) is 1. The monoisotopic (exact) mass is 478 g/mol. The van der Waals surface area contributed by atoms with Crippen molar-refractivity contribution >= 4 is 17.5 Å². The first-order valence-electron chi connectivity index (χ1n) is 12.1. The van der Waals surface area contributed by atoms with E-state index in [2.05, 4.69) is 17.1 Å². The van der Waals surface area contributed by atoms with Crippen LogP contribution in [0.1, 0.15) is 46.8 Å². The van der Waals surface area contributed by atoms with E-state index in [1.54, 1.807) is 18.2 Å². The zero-order chi connectivity index (χ0) is 24.9. The zero-order valence-electron chi connectivity index (χ0n) is 20.2. The number of hydrogen-bond acceptors (Lipinski definition) is 5. The minimum absolute atomic E-state index is 0.0447. The fourth-order valence-electron chi connectivity index (χ4n) is 4.88. The van der Waals surface area contributed by atoms with Gasteiger partial charge in [-0.05, 0) is 68.1 Å². The number of rotatable bonds is 5. The average molecular weight is 479 g/mol. The SMILES string of the molecule is Cc1c(CN2CCN(C(=O)C3CCOCC3)C(C)C2)cc(F)cc1NC(=O)c1cccc(C#N)c1. The number of ether oxygens (including phenoxy) is 1. The summed E-state index contributed by atoms with van der Waals surface area (Å²) in [6.45, 7) is 7.79. The van der Waals surface area contributed by atoms with Crippen molar-refractivity contribution in [1.29, 1.82) is 5.26 Å². The topological polar surface area (TPSA) is 85.7 Å². The van der Waals surface area contributed by atoms with E-state index < -0.39 is 11.7 Å². The largest absolute Gasteiger partial charge is 0.381 e. The Bertz CT molecular complexity index is 1140. The van der Waals surface area contributed by atoms with Gasteiger partial charge >= 0.3 is 0 Å². The van der Waals surface area contributed by atoms with Gasteiger partial charge < -0.3 is 15.0 Å². The van der Waals surface area contributed by atoms with Gasteiger partial charge in [0.25, 0.3) is 5.91 Å². The molecule has 8 heteroatoms. The Hall–Kier alpha value is -3.28. The Kier molecular flexibility index (Phi) is 7.79. The fraction of sp³-hybridized carbons (Fsp3) is 0.444. The van der Waals surface area contributed by atoms with Crippen LogP contribution in [0.4, 0.5) is 10.1 Å². The van der Waals surface area contributed by atoms with Gasteiger partial charge in [-0.25, -0.2) is 4.39 Å². The molecule has 2 aromatic carbocycles. The molecule has 35 heavy (non-hydrogen) atoms. The van der Waals surface area contributed by atoms with Crippen LogP contribution in [0.5, 0.6) is 0 Å². The number of nitrogens with zero attached hydrogens (tertiary/aromatic N) is 3. The third kappa shape index (κ3) is 5.87. The van der Waals surface area contributed by atoms with Crippen LogP contribution in [-0.4, -0.2) is 60.5 Å². The highest BCUT2D eigenvalue weighted by atomic mass is 19.1. The quantitative estimate of drug-likeness (QED) is 0.708. The number of carbonyl (C=O) groups is 2. The molecule has 2 fully saturated rings. The first-order chi connectivity index (χ1) is 16.9. The van der Waals surface area contributed by atoms with Crippen molar-refractivity contribution in [1.82, 2.24) is 9.80 Å². The second-order valence-corrected chi connectivity index (χ2v) is 9.39. The van der Waals surface area contributed by atoms with E-state index in [4.69, 9.17) is 10.00 Å². The van der Waals surface area contributed by atoms with Crippen LogP contribution >= 0.6 is 0 Å². The summed E-state index contributed by atoms with van der Waals surface area (Å²) in [6, 6.07) is 11.3. The molecule has 7 nitrogen and oxygen atoms in total. The summed E-state index contributed by atoms with van der Waals surface area (Å²) in [4.78, 5) is 29.9. The Morgan fingerprint density at radius 2 is 1.97 bits per heavy atom. The van der Waals surface area contributed by atoms with Crippen molar-refractivity contribution in [3.05, 3.63) is 64.5 Å². The number of nitriles is 1. The van der Waals surface area contributed by atoms with Gasteiger partial charge in [0, 0.05) is 62.6 Å². The molecule has 2 saturated heterocycles. The highest BCUT2D eigenvalue weighted by Gasteiger charge is 2.32. The zero-order valence-corrected chi connectivity index (χ0v) is 20.2. The highest BCUT2D eigenvalue weighted by Crippen LogP contribution is 2.26. The maximum Gasteiger partial charge on any atom is 0.255 e. The fourth-order valence-corrected chi connectivity index (χ4v) is 4.88. The minimum Gasteiger partial charge on any atom is -0.381 e. The van der Waals surface area contributed by atoms with E-state index in [0.717, 1.165) is 24.0 Å². The van der Waals surface area contributed by atoms with Gasteiger partial charge in [0.15, 0.2) is 0 Å². The molecule has 0 bridgehead atoms. The van der Waals surface area contributed by atoms with E-state index in [0.29, 0.717) is 56.2 Å². The van der Waals surface area contributed by atoms with Gasteiger partial charge in [0.05, 0.1) is 11.6 Å². The molecular formula is C27H31FN4O3. The highest BCUT2D eigenvalue weighted by molar-refractivity contribution is 6.04. The van der Waals surface area contributed by atoms with Gasteiger partial charge in [0.2, 0.25) is 5.91 Å². The van der Waals surface area contributed by atoms with Gasteiger partial charge in [-0.1, -0.05) is 6.07 Å². The van der Waals surface area contributed by atoms with E-state index in [1.165, 1.54) is 18.2 Å². The van der Waals surface area contributed by atoms with Crippen molar-refractivity contribution in [3.63, 3.8) is 0 Å². The molecule has 4 rings (SSSR count). The van der Waals surface area contributed by atoms with Crippen LogP contribution in [0.3, 0.4) is 0 Å². The third-order valence-electron chi connectivity index (χ3n) is 6.94. The normalized spacial score (nSPS) is 19.3. The lowest BCUT2D eigenvalue weighted by atomic mass is 9.97. The number of halogens is 1. The first-order valence-corrected chi connectivity index (χ1v) is 12.1. The van der Waals surface area contributed by atoms with Crippen LogP contribution in [0, 0.1) is 30.0 Å². The molecule has 0 saturated carbocycles. The molecule has 2 amide bonds. The van der Waals surface area contributed by atoms with E-state index in [9.17, 15) is 14.0 Å². The number of piperazine rings is 1. The number of amides is 2. The van der Waals surface area contributed by atoms with Crippen LogP contribution in [0.25, 0.3) is 0 Å². The lowest BCUT2D eigenvalue weighted by Gasteiger charge is -2.42. The standard InChI is InChI=1S/C27H31FN4O3/c1-18-16-31(8-9-32(18)27(34)21-6-10-35-11-7-21)17-23-13-24(28)14-25(19(23)2)30-26(33)22-5-3-4-20(12-22)15-29/h3-5,12-14,18,21H,6-11,16-17H2,1-2H3,(H,30,33). The van der Waals surface area contributed by atoms with Crippen LogP contribution in [0.15, 0.2) is 36.4 Å². The lowest BCUT2D eigenvalue weighted by Crippen LogP contribution is -2.55. The van der Waals surface area contributed by atoms with Crippen molar-refractivity contribution in [2.24, 2.45) is 5.92 Å². The molecule has 0 aliphatic carbocycles. The van der Waals surface area contributed by atoms with E-state index in [1.807, 2.05) is 17.9 Å². The average Bonchev–Trinajstić information content (AvgIpc) is 2.87. The maximum atomic E-state index is 14.5. The van der Waals surface area contributed by atoms with Crippen molar-refractivity contribution < 1.29 is 18.7 Å². The Labute approximate surface area is 205 Å². The van der Waals surface area contributed by atoms with Gasteiger partial charge in [-0.2, -0.15) is 5.26 Å². The van der Waals surface area contributed by atoms with E-state index >= 15 is 0 Å². The first kappa shape index (κ1) is 24.8. The van der Waals surface area contributed by atoms with Crippen LogP contribution < -0.4 is 5.32 Å². The molecule has 1 N–H and O–H groups in total. The Morgan fingerprint density at radius 3 is 2.69 bits per heavy atom. The summed E-state index contributed by atoms with van der Waals surface area (Å²) in [5, 5.41) is 11.9. The molecule has 1 unspecified atom stereocenters. The molecule has 0 spiro atoms. The number of benzene rings is 2. The predicted molar refractivity (Wildman–Crippen MR) is 130 cm³/mol. The smallest absolute Gasteiger partial charge is 0.255 e. The maximum absolute atomic E-state index is 14.5. The molecule has 1 atom stereocenters. The van der Waals surface area contributed by atoms with Crippen molar-refractivity contribution in [2.45, 2.75) is 39.3 Å². The summed E-state index contributed by atoms with van der Waals surface area (Å²) >= 11 is 0. The van der Waals surface area contributed by atoms with Crippen molar-refractivity contribution in [3.8, 4) is 6.07 Å². The molecule has 184 valence electrons. The minimum atomic E-state index is -0.423. The molecule has 2 aromatic rings. The predicted octanol–water partition coefficient (Wildman–Crippen LogP) is 3.72. The Morgan fingerprint density at radius 1 is 1.20 bits per heavy atom. The second-order valence-electron chi connectivity index (χ2n) is 9.39. The van der Waals surface area contributed by atoms with Gasteiger partial charge in [-0.3, -0.25) is 14.5 Å². The van der Waals surface area contributed by atoms with Crippen LogP contribution in [-0.2, 0) is 16.1 Å². The summed E-state index contributed by atoms with van der Waals surface area (Å²) in [5.74, 6) is -0.556. The molecule has 2 aliphatic rings. The van der Waals surface area contributed by atoms with Crippen molar-refractivity contribution in [2.75, 3.05) is 38.2 Å². The molecule has 2 aliphatic heterocycles. The molecule has 0 aromatic heterocycles. The Balaban J connectivity index is 1.42. The van der Waals surface area contributed by atoms with Crippen LogP contribution in [0.2, 0.25) is 0 Å². The summed E-state index contributed by atoms with van der Waals surface area (Å²) in [7, 11) is 0. The van der Waals surface area contributed by atoms with Gasteiger partial charge in [0.1, 0.15) is 5.82 Å².